The molecule has 0 bridgehead atoms. The van der Waals surface area contributed by atoms with Crippen LogP contribution in [0.2, 0.25) is 0 Å². The number of nitro benzene ring substituents is 1. The standard InChI is InChI=1S/C15H20N2O3S/c1-11-6-7-12(10-14(11)17(19)20)15(18)16-8-9-21-13-4-2-3-5-13/h6-7,10,13H,2-5,8-9H2,1H3,(H,16,18). The maximum Gasteiger partial charge on any atom is 0.273 e. The highest BCUT2D eigenvalue weighted by atomic mass is 32.2. The molecule has 5 nitrogen and oxygen atoms in total. The molecule has 1 aliphatic carbocycles. The molecule has 0 heterocycles. The molecular weight excluding hydrogens is 288 g/mol. The highest BCUT2D eigenvalue weighted by Gasteiger charge is 2.16. The molecule has 0 spiro atoms. The molecular formula is C15H20N2O3S. The van der Waals surface area contributed by atoms with Gasteiger partial charge in [0, 0.05) is 34.7 Å². The van der Waals surface area contributed by atoms with Gasteiger partial charge in [-0.05, 0) is 25.8 Å². The average Bonchev–Trinajstić information content (AvgIpc) is 2.96. The van der Waals surface area contributed by atoms with Gasteiger partial charge in [-0.1, -0.05) is 18.9 Å². The second kappa shape index (κ2) is 7.45. The van der Waals surface area contributed by atoms with Crippen LogP contribution in [0.4, 0.5) is 5.69 Å². The van der Waals surface area contributed by atoms with Crippen molar-refractivity contribution in [2.24, 2.45) is 0 Å². The van der Waals surface area contributed by atoms with Gasteiger partial charge >= 0.3 is 0 Å². The molecule has 1 aromatic carbocycles. The minimum atomic E-state index is -0.456. The fourth-order valence-corrected chi connectivity index (χ4v) is 3.71. The first kappa shape index (κ1) is 15.8. The van der Waals surface area contributed by atoms with Gasteiger partial charge in [0.25, 0.3) is 11.6 Å². The van der Waals surface area contributed by atoms with Crippen LogP contribution in [0.1, 0.15) is 41.6 Å². The van der Waals surface area contributed by atoms with E-state index in [-0.39, 0.29) is 11.6 Å². The third-order valence-electron chi connectivity index (χ3n) is 3.71. The van der Waals surface area contributed by atoms with Crippen molar-refractivity contribution in [3.8, 4) is 0 Å². The van der Waals surface area contributed by atoms with E-state index in [9.17, 15) is 14.9 Å². The summed E-state index contributed by atoms with van der Waals surface area (Å²) in [6, 6.07) is 4.58. The quantitative estimate of drug-likeness (QED) is 0.497. The molecule has 1 fully saturated rings. The average molecular weight is 308 g/mol. The van der Waals surface area contributed by atoms with Gasteiger partial charge in [0.05, 0.1) is 4.92 Å². The van der Waals surface area contributed by atoms with E-state index >= 15 is 0 Å². The highest BCUT2D eigenvalue weighted by molar-refractivity contribution is 7.99. The number of thioether (sulfide) groups is 1. The van der Waals surface area contributed by atoms with Gasteiger partial charge in [-0.2, -0.15) is 11.8 Å². The molecule has 2 rings (SSSR count). The summed E-state index contributed by atoms with van der Waals surface area (Å²) in [6.45, 7) is 2.26. The van der Waals surface area contributed by atoms with Gasteiger partial charge in [0.15, 0.2) is 0 Å². The first-order valence-electron chi connectivity index (χ1n) is 7.23. The van der Waals surface area contributed by atoms with E-state index in [1.54, 1.807) is 19.1 Å². The minimum Gasteiger partial charge on any atom is -0.351 e. The Labute approximate surface area is 128 Å². The van der Waals surface area contributed by atoms with Crippen molar-refractivity contribution in [1.82, 2.24) is 5.32 Å². The lowest BCUT2D eigenvalue weighted by atomic mass is 10.1. The van der Waals surface area contributed by atoms with Crippen LogP contribution in [0, 0.1) is 17.0 Å². The molecule has 0 unspecified atom stereocenters. The Morgan fingerprint density at radius 3 is 2.81 bits per heavy atom. The van der Waals surface area contributed by atoms with Crippen molar-refractivity contribution in [2.75, 3.05) is 12.3 Å². The molecule has 1 saturated carbocycles. The van der Waals surface area contributed by atoms with Crippen molar-refractivity contribution < 1.29 is 9.72 Å². The zero-order chi connectivity index (χ0) is 15.2. The molecule has 0 atom stereocenters. The van der Waals surface area contributed by atoms with Crippen LogP contribution in [-0.2, 0) is 0 Å². The molecule has 6 heteroatoms. The monoisotopic (exact) mass is 308 g/mol. The largest absolute Gasteiger partial charge is 0.351 e. The summed E-state index contributed by atoms with van der Waals surface area (Å²) < 4.78 is 0. The van der Waals surface area contributed by atoms with Crippen LogP contribution in [0.3, 0.4) is 0 Å². The van der Waals surface area contributed by atoms with Gasteiger partial charge in [-0.15, -0.1) is 0 Å². The predicted octanol–water partition coefficient (Wildman–Crippen LogP) is 3.31. The number of benzene rings is 1. The second-order valence-corrected chi connectivity index (χ2v) is 6.70. The van der Waals surface area contributed by atoms with Crippen molar-refractivity contribution in [3.63, 3.8) is 0 Å². The summed E-state index contributed by atoms with van der Waals surface area (Å²) in [5, 5.41) is 14.4. The number of nitro groups is 1. The van der Waals surface area contributed by atoms with E-state index in [4.69, 9.17) is 0 Å². The molecule has 0 aliphatic heterocycles. The van der Waals surface area contributed by atoms with E-state index in [2.05, 4.69) is 5.32 Å². The molecule has 1 aromatic rings. The summed E-state index contributed by atoms with van der Waals surface area (Å²) >= 11 is 1.91. The molecule has 1 amide bonds. The zero-order valence-corrected chi connectivity index (χ0v) is 12.9. The molecule has 0 saturated heterocycles. The van der Waals surface area contributed by atoms with Gasteiger partial charge in [-0.3, -0.25) is 14.9 Å². The van der Waals surface area contributed by atoms with Crippen LogP contribution in [-0.4, -0.2) is 28.4 Å². The van der Waals surface area contributed by atoms with Crippen molar-refractivity contribution in [3.05, 3.63) is 39.4 Å². The molecule has 114 valence electrons. The van der Waals surface area contributed by atoms with Crippen molar-refractivity contribution in [2.45, 2.75) is 37.9 Å². The molecule has 0 radical (unpaired) electrons. The molecule has 21 heavy (non-hydrogen) atoms. The number of hydrogen-bond acceptors (Lipinski definition) is 4. The SMILES string of the molecule is Cc1ccc(C(=O)NCCSC2CCCC2)cc1[N+](=O)[O-]. The molecule has 1 aliphatic rings. The number of carbonyl (C=O) groups is 1. The van der Waals surface area contributed by atoms with E-state index in [1.165, 1.54) is 31.7 Å². The lowest BCUT2D eigenvalue weighted by Crippen LogP contribution is -2.26. The van der Waals surface area contributed by atoms with E-state index in [0.29, 0.717) is 17.7 Å². The van der Waals surface area contributed by atoms with E-state index in [0.717, 1.165) is 11.0 Å². The Morgan fingerprint density at radius 1 is 1.43 bits per heavy atom. The Bertz CT molecular complexity index is 528. The predicted molar refractivity (Wildman–Crippen MR) is 84.9 cm³/mol. The second-order valence-electron chi connectivity index (χ2n) is 5.29. The lowest BCUT2D eigenvalue weighted by Gasteiger charge is -2.09. The summed E-state index contributed by atoms with van der Waals surface area (Å²) in [4.78, 5) is 22.4. The zero-order valence-electron chi connectivity index (χ0n) is 12.1. The van der Waals surface area contributed by atoms with Crippen molar-refractivity contribution >= 4 is 23.4 Å². The van der Waals surface area contributed by atoms with Crippen LogP contribution in [0.5, 0.6) is 0 Å². The van der Waals surface area contributed by atoms with Gasteiger partial charge in [0.1, 0.15) is 0 Å². The van der Waals surface area contributed by atoms with E-state index in [1.807, 2.05) is 11.8 Å². The van der Waals surface area contributed by atoms with Gasteiger partial charge in [0.2, 0.25) is 0 Å². The van der Waals surface area contributed by atoms with Crippen LogP contribution >= 0.6 is 11.8 Å². The maximum atomic E-state index is 12.0. The Hall–Kier alpha value is -1.56. The third kappa shape index (κ3) is 4.46. The summed E-state index contributed by atoms with van der Waals surface area (Å²) in [7, 11) is 0. The number of hydrogen-bond donors (Lipinski definition) is 1. The number of nitrogens with zero attached hydrogens (tertiary/aromatic N) is 1. The fourth-order valence-electron chi connectivity index (χ4n) is 2.49. The number of nitrogens with one attached hydrogen (secondary N) is 1. The van der Waals surface area contributed by atoms with Crippen LogP contribution in [0.15, 0.2) is 18.2 Å². The van der Waals surface area contributed by atoms with E-state index < -0.39 is 4.92 Å². The van der Waals surface area contributed by atoms with Crippen LogP contribution < -0.4 is 5.32 Å². The summed E-state index contributed by atoms with van der Waals surface area (Å²) in [5.74, 6) is 0.648. The first-order chi connectivity index (χ1) is 10.1. The fraction of sp³-hybridized carbons (Fsp3) is 0.533. The van der Waals surface area contributed by atoms with Crippen LogP contribution in [0.25, 0.3) is 0 Å². The Kier molecular flexibility index (Phi) is 5.61. The maximum absolute atomic E-state index is 12.0. The minimum absolute atomic E-state index is 0.0111. The Morgan fingerprint density at radius 2 is 2.14 bits per heavy atom. The molecule has 1 N–H and O–H groups in total. The smallest absolute Gasteiger partial charge is 0.273 e. The third-order valence-corrected chi connectivity index (χ3v) is 5.09. The molecule has 0 aromatic heterocycles. The van der Waals surface area contributed by atoms with Crippen molar-refractivity contribution in [1.29, 1.82) is 0 Å². The number of amides is 1. The normalized spacial score (nSPS) is 15.1. The topological polar surface area (TPSA) is 72.2 Å². The lowest BCUT2D eigenvalue weighted by molar-refractivity contribution is -0.385. The van der Waals surface area contributed by atoms with Gasteiger partial charge in [-0.25, -0.2) is 0 Å². The summed E-state index contributed by atoms with van der Waals surface area (Å²) in [5.41, 5.74) is 0.898. The number of aryl methyl sites for hydroxylation is 1. The first-order valence-corrected chi connectivity index (χ1v) is 8.27. The van der Waals surface area contributed by atoms with Gasteiger partial charge < -0.3 is 5.32 Å². The number of carbonyl (C=O) groups excluding carboxylic acids is 1. The summed E-state index contributed by atoms with van der Waals surface area (Å²) in [6.07, 6.45) is 5.19. The highest BCUT2D eigenvalue weighted by Crippen LogP contribution is 2.28. The Balaban J connectivity index is 1.82. The number of rotatable bonds is 6.